The number of aromatic nitrogens is 3. The Bertz CT molecular complexity index is 397. The van der Waals surface area contributed by atoms with Crippen LogP contribution in [0.5, 0.6) is 0 Å². The summed E-state index contributed by atoms with van der Waals surface area (Å²) in [6, 6.07) is 3.90. The summed E-state index contributed by atoms with van der Waals surface area (Å²) in [7, 11) is 1.85. The lowest BCUT2D eigenvalue weighted by molar-refractivity contribution is 0.461. The van der Waals surface area contributed by atoms with Crippen LogP contribution in [0.4, 0.5) is 0 Å². The summed E-state index contributed by atoms with van der Waals surface area (Å²) >= 11 is 2.14. The fourth-order valence-corrected chi connectivity index (χ4v) is 1.67. The van der Waals surface area contributed by atoms with E-state index in [4.69, 9.17) is 4.42 Å². The van der Waals surface area contributed by atoms with E-state index in [1.807, 2.05) is 19.2 Å². The van der Waals surface area contributed by atoms with Gasteiger partial charge in [0.25, 0.3) is 0 Å². The van der Waals surface area contributed by atoms with Crippen molar-refractivity contribution in [2.24, 2.45) is 7.05 Å². The van der Waals surface area contributed by atoms with E-state index in [0.717, 1.165) is 15.4 Å². The zero-order valence-corrected chi connectivity index (χ0v) is 10.4. The number of rotatable bonds is 4. The molecule has 6 heteroatoms. The molecule has 2 aromatic rings. The van der Waals surface area contributed by atoms with Crippen LogP contribution in [0.3, 0.4) is 0 Å². The highest BCUT2D eigenvalue weighted by Crippen LogP contribution is 2.09. The monoisotopic (exact) mass is 318 g/mol. The maximum Gasteiger partial charge on any atom is 0.164 e. The first kappa shape index (κ1) is 10.6. The molecule has 0 aliphatic carbocycles. The van der Waals surface area contributed by atoms with Crippen LogP contribution in [-0.2, 0) is 20.1 Å². The van der Waals surface area contributed by atoms with E-state index < -0.39 is 0 Å². The lowest BCUT2D eigenvalue weighted by Gasteiger charge is -1.98. The van der Waals surface area contributed by atoms with Crippen LogP contribution in [0.2, 0.25) is 0 Å². The number of nitrogens with zero attached hydrogens (tertiary/aromatic N) is 3. The summed E-state index contributed by atoms with van der Waals surface area (Å²) in [6.07, 6.45) is 1.69. The third-order valence-corrected chi connectivity index (χ3v) is 2.44. The largest absolute Gasteiger partial charge is 0.454 e. The third kappa shape index (κ3) is 3.03. The van der Waals surface area contributed by atoms with Gasteiger partial charge in [-0.3, -0.25) is 4.68 Å². The number of hydrogen-bond acceptors (Lipinski definition) is 4. The SMILES string of the molecule is Cn1cnc(CNCc2ccc(I)o2)n1. The molecule has 0 aromatic carbocycles. The summed E-state index contributed by atoms with van der Waals surface area (Å²) < 4.78 is 8.00. The molecule has 0 unspecified atom stereocenters. The molecule has 0 spiro atoms. The van der Waals surface area contributed by atoms with Gasteiger partial charge in [-0.05, 0) is 34.7 Å². The van der Waals surface area contributed by atoms with Gasteiger partial charge < -0.3 is 9.73 Å². The van der Waals surface area contributed by atoms with E-state index in [-0.39, 0.29) is 0 Å². The number of halogens is 1. The fraction of sp³-hybridized carbons (Fsp3) is 0.333. The molecule has 0 saturated carbocycles. The van der Waals surface area contributed by atoms with Gasteiger partial charge in [0.2, 0.25) is 0 Å². The zero-order valence-electron chi connectivity index (χ0n) is 8.27. The number of furan rings is 1. The lowest BCUT2D eigenvalue weighted by atomic mass is 10.4. The van der Waals surface area contributed by atoms with Gasteiger partial charge >= 0.3 is 0 Å². The van der Waals surface area contributed by atoms with Crippen LogP contribution >= 0.6 is 22.6 Å². The molecule has 2 rings (SSSR count). The third-order valence-electron chi connectivity index (χ3n) is 1.86. The highest BCUT2D eigenvalue weighted by atomic mass is 127. The van der Waals surface area contributed by atoms with Gasteiger partial charge in [-0.25, -0.2) is 4.98 Å². The normalized spacial score (nSPS) is 10.8. The van der Waals surface area contributed by atoms with Crippen LogP contribution < -0.4 is 5.32 Å². The molecule has 0 saturated heterocycles. The Hall–Kier alpha value is -0.890. The number of nitrogens with one attached hydrogen (secondary N) is 1. The maximum absolute atomic E-state index is 5.40. The van der Waals surface area contributed by atoms with Crippen molar-refractivity contribution in [3.8, 4) is 0 Å². The van der Waals surface area contributed by atoms with Crippen molar-refractivity contribution >= 4 is 22.6 Å². The Morgan fingerprint density at radius 3 is 2.93 bits per heavy atom. The average molecular weight is 318 g/mol. The average Bonchev–Trinajstić information content (AvgIpc) is 2.76. The maximum atomic E-state index is 5.40. The second kappa shape index (κ2) is 4.75. The molecule has 0 amide bonds. The summed E-state index contributed by atoms with van der Waals surface area (Å²) in [4.78, 5) is 4.11. The first-order valence-corrected chi connectivity index (χ1v) is 5.61. The molecule has 2 heterocycles. The molecule has 2 aromatic heterocycles. The zero-order chi connectivity index (χ0) is 10.7. The molecule has 5 nitrogen and oxygen atoms in total. The molecule has 1 N–H and O–H groups in total. The van der Waals surface area contributed by atoms with Crippen LogP contribution in [0, 0.1) is 3.77 Å². The van der Waals surface area contributed by atoms with Gasteiger partial charge in [-0.2, -0.15) is 5.10 Å². The Kier molecular flexibility index (Phi) is 3.37. The molecular formula is C9H11IN4O. The van der Waals surface area contributed by atoms with Crippen molar-refractivity contribution < 1.29 is 4.42 Å². The lowest BCUT2D eigenvalue weighted by Crippen LogP contribution is -2.13. The number of aryl methyl sites for hydroxylation is 1. The van der Waals surface area contributed by atoms with E-state index in [0.29, 0.717) is 13.1 Å². The van der Waals surface area contributed by atoms with Gasteiger partial charge in [0.05, 0.1) is 13.1 Å². The van der Waals surface area contributed by atoms with Crippen LogP contribution in [0.1, 0.15) is 11.6 Å². The quantitative estimate of drug-likeness (QED) is 0.864. The molecule has 0 aliphatic heterocycles. The van der Waals surface area contributed by atoms with Crippen molar-refractivity contribution in [2.45, 2.75) is 13.1 Å². The second-order valence-corrected chi connectivity index (χ2v) is 4.21. The topological polar surface area (TPSA) is 55.9 Å². The highest BCUT2D eigenvalue weighted by Gasteiger charge is 2.01. The molecule has 80 valence electrons. The van der Waals surface area contributed by atoms with E-state index in [2.05, 4.69) is 38.0 Å². The molecule has 0 atom stereocenters. The van der Waals surface area contributed by atoms with Crippen molar-refractivity contribution in [2.75, 3.05) is 0 Å². The smallest absolute Gasteiger partial charge is 0.164 e. The molecule has 0 fully saturated rings. The van der Waals surface area contributed by atoms with E-state index in [9.17, 15) is 0 Å². The van der Waals surface area contributed by atoms with Gasteiger partial charge in [0, 0.05) is 7.05 Å². The Labute approximate surface area is 101 Å². The van der Waals surface area contributed by atoms with E-state index in [1.165, 1.54) is 0 Å². The standard InChI is InChI=1S/C9H11IN4O/c1-14-6-12-9(13-14)5-11-4-7-2-3-8(10)15-7/h2-3,6,11H,4-5H2,1H3. The predicted octanol–water partition coefficient (Wildman–Crippen LogP) is 1.30. The molecule has 0 bridgehead atoms. The van der Waals surface area contributed by atoms with Crippen molar-refractivity contribution in [3.63, 3.8) is 0 Å². The van der Waals surface area contributed by atoms with Crippen molar-refractivity contribution in [1.29, 1.82) is 0 Å². The Morgan fingerprint density at radius 1 is 1.47 bits per heavy atom. The molecule has 0 aliphatic rings. The minimum absolute atomic E-state index is 0.651. The Morgan fingerprint density at radius 2 is 2.33 bits per heavy atom. The van der Waals surface area contributed by atoms with Gasteiger partial charge in [-0.1, -0.05) is 0 Å². The van der Waals surface area contributed by atoms with Gasteiger partial charge in [0.15, 0.2) is 9.59 Å². The minimum atomic E-state index is 0.651. The fourth-order valence-electron chi connectivity index (χ4n) is 1.21. The van der Waals surface area contributed by atoms with Crippen molar-refractivity contribution in [1.82, 2.24) is 20.1 Å². The van der Waals surface area contributed by atoms with E-state index in [1.54, 1.807) is 11.0 Å². The van der Waals surface area contributed by atoms with Crippen LogP contribution in [0.25, 0.3) is 0 Å². The number of hydrogen-bond donors (Lipinski definition) is 1. The second-order valence-electron chi connectivity index (χ2n) is 3.14. The predicted molar refractivity (Wildman–Crippen MR) is 63.0 cm³/mol. The summed E-state index contributed by atoms with van der Waals surface area (Å²) in [5.74, 6) is 1.72. The highest BCUT2D eigenvalue weighted by molar-refractivity contribution is 14.1. The van der Waals surface area contributed by atoms with Crippen LogP contribution in [0.15, 0.2) is 22.9 Å². The van der Waals surface area contributed by atoms with Crippen molar-refractivity contribution in [3.05, 3.63) is 33.8 Å². The van der Waals surface area contributed by atoms with Crippen LogP contribution in [-0.4, -0.2) is 14.8 Å². The summed E-state index contributed by atoms with van der Waals surface area (Å²) in [6.45, 7) is 1.35. The summed E-state index contributed by atoms with van der Waals surface area (Å²) in [5.41, 5.74) is 0. The first-order chi connectivity index (χ1) is 7.24. The molecule has 0 radical (unpaired) electrons. The Balaban J connectivity index is 1.80. The minimum Gasteiger partial charge on any atom is -0.454 e. The van der Waals surface area contributed by atoms with Gasteiger partial charge in [-0.15, -0.1) is 0 Å². The first-order valence-electron chi connectivity index (χ1n) is 4.53. The van der Waals surface area contributed by atoms with E-state index >= 15 is 0 Å². The van der Waals surface area contributed by atoms with Gasteiger partial charge in [0.1, 0.15) is 12.1 Å². The summed E-state index contributed by atoms with van der Waals surface area (Å²) in [5, 5.41) is 7.37. The molecule has 15 heavy (non-hydrogen) atoms. The molecular weight excluding hydrogens is 307 g/mol.